The second kappa shape index (κ2) is 8.29. The van der Waals surface area contributed by atoms with Gasteiger partial charge in [0.1, 0.15) is 24.4 Å². The number of aliphatic hydroxyl groups is 2. The Hall–Kier alpha value is -1.80. The molecule has 2 unspecified atom stereocenters. The van der Waals surface area contributed by atoms with Crippen molar-refractivity contribution < 1.29 is 29.2 Å². The van der Waals surface area contributed by atoms with Crippen molar-refractivity contribution in [2.75, 3.05) is 13.2 Å². The maximum atomic E-state index is 10.4. The van der Waals surface area contributed by atoms with Crippen LogP contribution in [0, 0.1) is 13.8 Å². The Morgan fingerprint density at radius 1 is 1.00 bits per heavy atom. The van der Waals surface area contributed by atoms with Crippen molar-refractivity contribution in [3.63, 3.8) is 0 Å². The SMILES string of the molecule is Cc1ccc(C2O[C@H]([C@H](O)CO)[C@@H]3OC(c4ccccc4)OC[C@@H]3O2)c(C)c1. The van der Waals surface area contributed by atoms with Crippen LogP contribution in [0.4, 0.5) is 0 Å². The minimum Gasteiger partial charge on any atom is -0.394 e. The molecule has 2 aromatic carbocycles. The molecule has 0 bridgehead atoms. The van der Waals surface area contributed by atoms with E-state index in [1.807, 2.05) is 56.3 Å². The summed E-state index contributed by atoms with van der Waals surface area (Å²) >= 11 is 0. The Bertz CT molecular complexity index is 795. The molecule has 0 amide bonds. The number of hydrogen-bond acceptors (Lipinski definition) is 6. The van der Waals surface area contributed by atoms with Crippen molar-refractivity contribution in [3.05, 3.63) is 70.8 Å². The Labute approximate surface area is 164 Å². The first-order valence-corrected chi connectivity index (χ1v) is 9.56. The molecule has 2 aromatic rings. The number of ether oxygens (including phenoxy) is 4. The number of benzene rings is 2. The summed E-state index contributed by atoms with van der Waals surface area (Å²) in [6.45, 7) is 3.91. The van der Waals surface area contributed by atoms with Gasteiger partial charge in [-0.3, -0.25) is 0 Å². The fourth-order valence-electron chi connectivity index (χ4n) is 3.80. The molecular weight excluding hydrogens is 360 g/mol. The van der Waals surface area contributed by atoms with Crippen LogP contribution in [0.5, 0.6) is 0 Å². The zero-order valence-corrected chi connectivity index (χ0v) is 16.0. The Kier molecular flexibility index (Phi) is 5.78. The van der Waals surface area contributed by atoms with E-state index in [1.165, 1.54) is 0 Å². The second-order valence-electron chi connectivity index (χ2n) is 7.39. The van der Waals surface area contributed by atoms with E-state index in [1.54, 1.807) is 0 Å². The van der Waals surface area contributed by atoms with Crippen LogP contribution >= 0.6 is 0 Å². The number of aliphatic hydroxyl groups excluding tert-OH is 2. The molecule has 150 valence electrons. The van der Waals surface area contributed by atoms with Crippen LogP contribution in [-0.4, -0.2) is 47.8 Å². The summed E-state index contributed by atoms with van der Waals surface area (Å²) in [6.07, 6.45) is -4.01. The highest BCUT2D eigenvalue weighted by molar-refractivity contribution is 5.31. The summed E-state index contributed by atoms with van der Waals surface area (Å²) in [6, 6.07) is 15.6. The lowest BCUT2D eigenvalue weighted by Crippen LogP contribution is -2.58. The van der Waals surface area contributed by atoms with Gasteiger partial charge >= 0.3 is 0 Å². The Morgan fingerprint density at radius 2 is 1.79 bits per heavy atom. The van der Waals surface area contributed by atoms with Gasteiger partial charge in [-0.15, -0.1) is 0 Å². The molecule has 6 nitrogen and oxygen atoms in total. The van der Waals surface area contributed by atoms with Gasteiger partial charge in [0.25, 0.3) is 0 Å². The lowest BCUT2D eigenvalue weighted by Gasteiger charge is -2.47. The van der Waals surface area contributed by atoms with Crippen LogP contribution < -0.4 is 0 Å². The number of fused-ring (bicyclic) bond motifs is 1. The number of aryl methyl sites for hydroxylation is 2. The molecular formula is C22H26O6. The monoisotopic (exact) mass is 386 g/mol. The molecule has 0 aromatic heterocycles. The Morgan fingerprint density at radius 3 is 2.50 bits per heavy atom. The summed E-state index contributed by atoms with van der Waals surface area (Å²) < 4.78 is 24.2. The number of hydrogen-bond donors (Lipinski definition) is 2. The third kappa shape index (κ3) is 3.85. The van der Waals surface area contributed by atoms with Crippen LogP contribution in [-0.2, 0) is 18.9 Å². The highest BCUT2D eigenvalue weighted by Crippen LogP contribution is 2.39. The molecule has 0 radical (unpaired) electrons. The summed E-state index contributed by atoms with van der Waals surface area (Å²) in [5.41, 5.74) is 3.97. The first-order valence-electron chi connectivity index (χ1n) is 9.56. The minimum absolute atomic E-state index is 0.309. The van der Waals surface area contributed by atoms with Crippen LogP contribution in [0.2, 0.25) is 0 Å². The molecule has 4 rings (SSSR count). The van der Waals surface area contributed by atoms with Crippen molar-refractivity contribution in [2.45, 2.75) is 50.8 Å². The van der Waals surface area contributed by atoms with E-state index >= 15 is 0 Å². The Balaban J connectivity index is 1.58. The van der Waals surface area contributed by atoms with E-state index in [4.69, 9.17) is 18.9 Å². The number of rotatable bonds is 4. The zero-order chi connectivity index (χ0) is 19.7. The molecule has 2 saturated heterocycles. The van der Waals surface area contributed by atoms with Crippen molar-refractivity contribution in [3.8, 4) is 0 Å². The smallest absolute Gasteiger partial charge is 0.185 e. The quantitative estimate of drug-likeness (QED) is 0.841. The van der Waals surface area contributed by atoms with Gasteiger partial charge in [-0.2, -0.15) is 0 Å². The lowest BCUT2D eigenvalue weighted by atomic mass is 9.98. The average molecular weight is 386 g/mol. The molecule has 0 aliphatic carbocycles. The van der Waals surface area contributed by atoms with E-state index < -0.39 is 43.6 Å². The third-order valence-corrected chi connectivity index (χ3v) is 5.28. The predicted octanol–water partition coefficient (Wildman–Crippen LogP) is 2.55. The molecule has 2 fully saturated rings. The highest BCUT2D eigenvalue weighted by atomic mass is 16.8. The second-order valence-corrected chi connectivity index (χ2v) is 7.39. The standard InChI is InChI=1S/C22H26O6/c1-13-8-9-16(14(2)10-13)22-26-18-12-25-21(15-6-4-3-5-7-15)28-20(18)19(27-22)17(24)11-23/h3-10,17-24H,11-12H2,1-2H3/t17-,18+,19-,20-,21?,22?/m1/s1. The van der Waals surface area contributed by atoms with E-state index in [9.17, 15) is 10.2 Å². The predicted molar refractivity (Wildman–Crippen MR) is 102 cm³/mol. The van der Waals surface area contributed by atoms with Gasteiger partial charge in [-0.1, -0.05) is 54.1 Å². The van der Waals surface area contributed by atoms with Crippen LogP contribution in [0.1, 0.15) is 34.8 Å². The zero-order valence-electron chi connectivity index (χ0n) is 16.0. The van der Waals surface area contributed by atoms with Gasteiger partial charge in [0.2, 0.25) is 0 Å². The maximum absolute atomic E-state index is 10.4. The van der Waals surface area contributed by atoms with Gasteiger partial charge in [-0.05, 0) is 19.4 Å². The van der Waals surface area contributed by atoms with Gasteiger partial charge in [0.15, 0.2) is 12.6 Å². The van der Waals surface area contributed by atoms with Crippen molar-refractivity contribution in [1.82, 2.24) is 0 Å². The van der Waals surface area contributed by atoms with Crippen LogP contribution in [0.3, 0.4) is 0 Å². The van der Waals surface area contributed by atoms with Crippen molar-refractivity contribution in [2.24, 2.45) is 0 Å². The summed E-state index contributed by atoms with van der Waals surface area (Å²) in [5.74, 6) is 0. The van der Waals surface area contributed by atoms with E-state index in [2.05, 4.69) is 6.07 Å². The van der Waals surface area contributed by atoms with Gasteiger partial charge in [0.05, 0.1) is 13.2 Å². The highest BCUT2D eigenvalue weighted by Gasteiger charge is 2.48. The fraction of sp³-hybridized carbons (Fsp3) is 0.455. The third-order valence-electron chi connectivity index (χ3n) is 5.28. The molecule has 6 heteroatoms. The van der Waals surface area contributed by atoms with Gasteiger partial charge in [-0.25, -0.2) is 0 Å². The van der Waals surface area contributed by atoms with E-state index in [0.29, 0.717) is 6.61 Å². The molecule has 2 aliphatic rings. The average Bonchev–Trinajstić information content (AvgIpc) is 2.72. The molecule has 0 saturated carbocycles. The molecule has 28 heavy (non-hydrogen) atoms. The van der Waals surface area contributed by atoms with E-state index in [0.717, 1.165) is 22.3 Å². The van der Waals surface area contributed by atoms with Crippen LogP contribution in [0.15, 0.2) is 48.5 Å². The lowest BCUT2D eigenvalue weighted by molar-refractivity contribution is -0.373. The first kappa shape index (κ1) is 19.5. The molecule has 2 N–H and O–H groups in total. The van der Waals surface area contributed by atoms with Crippen LogP contribution in [0.25, 0.3) is 0 Å². The summed E-state index contributed by atoms with van der Waals surface area (Å²) in [7, 11) is 0. The topological polar surface area (TPSA) is 77.4 Å². The summed E-state index contributed by atoms with van der Waals surface area (Å²) in [5, 5.41) is 20.0. The van der Waals surface area contributed by atoms with Crippen molar-refractivity contribution in [1.29, 1.82) is 0 Å². The summed E-state index contributed by atoms with van der Waals surface area (Å²) in [4.78, 5) is 0. The molecule has 6 atom stereocenters. The maximum Gasteiger partial charge on any atom is 0.185 e. The van der Waals surface area contributed by atoms with Gasteiger partial charge in [0, 0.05) is 11.1 Å². The normalized spacial score (nSPS) is 31.2. The first-order chi connectivity index (χ1) is 13.6. The molecule has 2 aliphatic heterocycles. The fourth-order valence-corrected chi connectivity index (χ4v) is 3.80. The van der Waals surface area contributed by atoms with E-state index in [-0.39, 0.29) is 0 Å². The van der Waals surface area contributed by atoms with Crippen molar-refractivity contribution >= 4 is 0 Å². The minimum atomic E-state index is -1.08. The molecule has 0 spiro atoms. The molecule has 2 heterocycles. The van der Waals surface area contributed by atoms with Gasteiger partial charge < -0.3 is 29.2 Å². The largest absolute Gasteiger partial charge is 0.394 e.